The first kappa shape index (κ1) is 14.5. The highest BCUT2D eigenvalue weighted by atomic mass is 16.2. The highest BCUT2D eigenvalue weighted by molar-refractivity contribution is 5.83. The first-order valence-electron chi connectivity index (χ1n) is 6.98. The van der Waals surface area contributed by atoms with Crippen molar-refractivity contribution in [3.05, 3.63) is 41.6 Å². The van der Waals surface area contributed by atoms with Gasteiger partial charge in [-0.2, -0.15) is 0 Å². The first-order valence-corrected chi connectivity index (χ1v) is 6.98. The van der Waals surface area contributed by atoms with Gasteiger partial charge in [0.25, 0.3) is 0 Å². The van der Waals surface area contributed by atoms with Gasteiger partial charge in [-0.1, -0.05) is 18.2 Å². The molecule has 0 bridgehead atoms. The molecule has 0 saturated heterocycles. The number of carbonyl (C=O) groups excluding carboxylic acids is 1. The molecule has 106 valence electrons. The average Bonchev–Trinajstić information content (AvgIpc) is 2.44. The lowest BCUT2D eigenvalue weighted by molar-refractivity contribution is -0.122. The van der Waals surface area contributed by atoms with Gasteiger partial charge in [0.2, 0.25) is 5.91 Å². The average molecular weight is 271 g/mol. The maximum Gasteiger partial charge on any atom is 0.236 e. The molecule has 4 heteroatoms. The Morgan fingerprint density at radius 2 is 2.10 bits per heavy atom. The van der Waals surface area contributed by atoms with E-state index in [9.17, 15) is 4.79 Å². The Morgan fingerprint density at radius 3 is 2.85 bits per heavy atom. The third-order valence-corrected chi connectivity index (χ3v) is 3.27. The Balaban J connectivity index is 2.15. The van der Waals surface area contributed by atoms with Crippen molar-refractivity contribution in [3.8, 4) is 0 Å². The maximum atomic E-state index is 11.7. The summed E-state index contributed by atoms with van der Waals surface area (Å²) in [5.74, 6) is 0.0302. The van der Waals surface area contributed by atoms with E-state index >= 15 is 0 Å². The van der Waals surface area contributed by atoms with Crippen molar-refractivity contribution in [1.29, 1.82) is 0 Å². The summed E-state index contributed by atoms with van der Waals surface area (Å²) in [6.07, 6.45) is 0. The van der Waals surface area contributed by atoms with Gasteiger partial charge < -0.3 is 10.6 Å². The summed E-state index contributed by atoms with van der Waals surface area (Å²) in [4.78, 5) is 16.2. The molecule has 20 heavy (non-hydrogen) atoms. The Labute approximate surface area is 119 Å². The number of nitrogens with zero attached hydrogens (tertiary/aromatic N) is 1. The van der Waals surface area contributed by atoms with E-state index in [1.54, 1.807) is 0 Å². The number of aromatic nitrogens is 1. The van der Waals surface area contributed by atoms with E-state index in [0.29, 0.717) is 13.1 Å². The summed E-state index contributed by atoms with van der Waals surface area (Å²) >= 11 is 0. The smallest absolute Gasteiger partial charge is 0.236 e. The topological polar surface area (TPSA) is 54.0 Å². The van der Waals surface area contributed by atoms with Crippen molar-refractivity contribution >= 4 is 16.8 Å². The zero-order valence-electron chi connectivity index (χ0n) is 12.2. The molecule has 1 heterocycles. The Bertz CT molecular complexity index is 610. The predicted octanol–water partition coefficient (Wildman–Crippen LogP) is 2.16. The zero-order valence-corrected chi connectivity index (χ0v) is 12.2. The molecule has 1 amide bonds. The zero-order chi connectivity index (χ0) is 14.5. The monoisotopic (exact) mass is 271 g/mol. The van der Waals surface area contributed by atoms with E-state index in [1.807, 2.05) is 39.0 Å². The molecule has 1 aromatic heterocycles. The second-order valence-corrected chi connectivity index (χ2v) is 4.94. The van der Waals surface area contributed by atoms with Crippen LogP contribution in [0.5, 0.6) is 0 Å². The largest absolute Gasteiger partial charge is 0.355 e. The quantitative estimate of drug-likeness (QED) is 0.876. The minimum atomic E-state index is -0.206. The van der Waals surface area contributed by atoms with Crippen molar-refractivity contribution < 1.29 is 4.79 Å². The van der Waals surface area contributed by atoms with Gasteiger partial charge in [-0.3, -0.25) is 9.78 Å². The molecule has 1 aromatic carbocycles. The van der Waals surface area contributed by atoms with Crippen LogP contribution >= 0.6 is 0 Å². The molecule has 0 aliphatic rings. The number of likely N-dealkylation sites (N-methyl/N-ethyl adjacent to an activating group) is 1. The van der Waals surface area contributed by atoms with E-state index in [1.165, 1.54) is 5.56 Å². The van der Waals surface area contributed by atoms with E-state index in [4.69, 9.17) is 0 Å². The molecule has 1 atom stereocenters. The number of rotatable bonds is 5. The number of pyridine rings is 1. The number of fused-ring (bicyclic) bond motifs is 1. The highest BCUT2D eigenvalue weighted by Crippen LogP contribution is 2.18. The van der Waals surface area contributed by atoms with E-state index in [0.717, 1.165) is 16.6 Å². The summed E-state index contributed by atoms with van der Waals surface area (Å²) in [5, 5.41) is 7.21. The molecule has 4 nitrogen and oxygen atoms in total. The molecule has 0 saturated carbocycles. The van der Waals surface area contributed by atoms with E-state index < -0.39 is 0 Å². The predicted molar refractivity (Wildman–Crippen MR) is 81.5 cm³/mol. The number of hydrogen-bond acceptors (Lipinski definition) is 3. The number of aryl methyl sites for hydroxylation is 1. The van der Waals surface area contributed by atoms with Gasteiger partial charge in [-0.15, -0.1) is 0 Å². The SMILES string of the molecule is CCNC(=O)C(C)NCc1cc(C)nc2ccccc12. The van der Waals surface area contributed by atoms with Crippen molar-refractivity contribution in [2.45, 2.75) is 33.4 Å². The fourth-order valence-corrected chi connectivity index (χ4v) is 2.22. The number of carbonyl (C=O) groups is 1. The van der Waals surface area contributed by atoms with Gasteiger partial charge in [0.05, 0.1) is 11.6 Å². The summed E-state index contributed by atoms with van der Waals surface area (Å²) in [6, 6.07) is 9.94. The van der Waals surface area contributed by atoms with Crippen LogP contribution in [0, 0.1) is 6.92 Å². The van der Waals surface area contributed by atoms with Crippen LogP contribution in [0.4, 0.5) is 0 Å². The van der Waals surface area contributed by atoms with Crippen LogP contribution in [-0.4, -0.2) is 23.5 Å². The number of amides is 1. The van der Waals surface area contributed by atoms with Crippen LogP contribution in [0.25, 0.3) is 10.9 Å². The lowest BCUT2D eigenvalue weighted by Crippen LogP contribution is -2.41. The van der Waals surface area contributed by atoms with Crippen molar-refractivity contribution in [2.75, 3.05) is 6.54 Å². The van der Waals surface area contributed by atoms with Crippen molar-refractivity contribution in [1.82, 2.24) is 15.6 Å². The second-order valence-electron chi connectivity index (χ2n) is 4.94. The highest BCUT2D eigenvalue weighted by Gasteiger charge is 2.11. The number of benzene rings is 1. The van der Waals surface area contributed by atoms with Gasteiger partial charge in [-0.25, -0.2) is 0 Å². The summed E-state index contributed by atoms with van der Waals surface area (Å²) in [7, 11) is 0. The first-order chi connectivity index (χ1) is 9.61. The lowest BCUT2D eigenvalue weighted by atomic mass is 10.1. The fraction of sp³-hybridized carbons (Fsp3) is 0.375. The minimum absolute atomic E-state index is 0.0302. The molecule has 0 spiro atoms. The normalized spacial score (nSPS) is 12.3. The molecule has 2 aromatic rings. The molecule has 0 fully saturated rings. The van der Waals surface area contributed by atoms with E-state index in [2.05, 4.69) is 27.8 Å². The minimum Gasteiger partial charge on any atom is -0.355 e. The van der Waals surface area contributed by atoms with Gasteiger partial charge in [0.1, 0.15) is 0 Å². The fourth-order valence-electron chi connectivity index (χ4n) is 2.22. The number of hydrogen-bond donors (Lipinski definition) is 2. The van der Waals surface area contributed by atoms with Crippen molar-refractivity contribution in [3.63, 3.8) is 0 Å². The standard InChI is InChI=1S/C16H21N3O/c1-4-17-16(20)12(3)18-10-13-9-11(2)19-15-8-6-5-7-14(13)15/h5-9,12,18H,4,10H2,1-3H3,(H,17,20). The van der Waals surface area contributed by atoms with Gasteiger partial charge >= 0.3 is 0 Å². The number of para-hydroxylation sites is 1. The molecular formula is C16H21N3O. The lowest BCUT2D eigenvalue weighted by Gasteiger charge is -2.14. The molecule has 1 unspecified atom stereocenters. The third-order valence-electron chi connectivity index (χ3n) is 3.27. The van der Waals surface area contributed by atoms with Crippen molar-refractivity contribution in [2.24, 2.45) is 0 Å². The number of nitrogens with one attached hydrogen (secondary N) is 2. The third kappa shape index (κ3) is 3.33. The molecule has 0 radical (unpaired) electrons. The van der Waals surface area contributed by atoms with E-state index in [-0.39, 0.29) is 11.9 Å². The summed E-state index contributed by atoms with van der Waals surface area (Å²) in [5.41, 5.74) is 3.16. The van der Waals surface area contributed by atoms with Crippen LogP contribution in [0.3, 0.4) is 0 Å². The Hall–Kier alpha value is -1.94. The Morgan fingerprint density at radius 1 is 1.35 bits per heavy atom. The van der Waals surface area contributed by atoms with Crippen LogP contribution in [0.1, 0.15) is 25.1 Å². The van der Waals surface area contributed by atoms with Crippen LogP contribution in [0.15, 0.2) is 30.3 Å². The van der Waals surface area contributed by atoms with Gasteiger partial charge in [0, 0.05) is 24.2 Å². The summed E-state index contributed by atoms with van der Waals surface area (Å²) < 4.78 is 0. The Kier molecular flexibility index (Phi) is 4.69. The maximum absolute atomic E-state index is 11.7. The van der Waals surface area contributed by atoms with Crippen LogP contribution in [-0.2, 0) is 11.3 Å². The molecule has 2 N–H and O–H groups in total. The van der Waals surface area contributed by atoms with Gasteiger partial charge in [-0.05, 0) is 38.5 Å². The second kappa shape index (κ2) is 6.48. The molecule has 2 rings (SSSR count). The van der Waals surface area contributed by atoms with Crippen LogP contribution in [0.2, 0.25) is 0 Å². The van der Waals surface area contributed by atoms with Gasteiger partial charge in [0.15, 0.2) is 0 Å². The van der Waals surface area contributed by atoms with Crippen LogP contribution < -0.4 is 10.6 Å². The summed E-state index contributed by atoms with van der Waals surface area (Å²) in [6.45, 7) is 7.10. The molecule has 0 aliphatic heterocycles. The molecular weight excluding hydrogens is 250 g/mol. The molecule has 0 aliphatic carbocycles.